The van der Waals surface area contributed by atoms with Gasteiger partial charge in [-0.2, -0.15) is 13.2 Å². The molecule has 3 aromatic rings. The number of amides is 1. The van der Waals surface area contributed by atoms with Crippen molar-refractivity contribution in [2.75, 3.05) is 11.6 Å². The first-order chi connectivity index (χ1) is 16.7. The number of halogens is 3. The van der Waals surface area contributed by atoms with Crippen molar-refractivity contribution in [1.82, 2.24) is 15.2 Å². The van der Waals surface area contributed by atoms with E-state index >= 15 is 0 Å². The Hall–Kier alpha value is -3.54. The van der Waals surface area contributed by atoms with Crippen LogP contribution in [0.15, 0.2) is 41.3 Å². The van der Waals surface area contributed by atoms with Gasteiger partial charge in [-0.25, -0.2) is 8.42 Å². The molecule has 1 fully saturated rings. The minimum Gasteiger partial charge on any atom is -0.435 e. The zero-order valence-corrected chi connectivity index (χ0v) is 20.7. The van der Waals surface area contributed by atoms with Gasteiger partial charge in [0.1, 0.15) is 5.56 Å². The number of carbonyl (C=O) groups is 1. The molecule has 12 heteroatoms. The fourth-order valence-electron chi connectivity index (χ4n) is 3.65. The third-order valence-electron chi connectivity index (χ3n) is 6.06. The first-order valence-electron chi connectivity index (χ1n) is 10.9. The molecule has 0 aliphatic heterocycles. The van der Waals surface area contributed by atoms with E-state index in [4.69, 9.17) is 4.74 Å². The number of aryl methyl sites for hydroxylation is 1. The Morgan fingerprint density at radius 3 is 2.39 bits per heavy atom. The van der Waals surface area contributed by atoms with Crippen LogP contribution in [0.25, 0.3) is 0 Å². The van der Waals surface area contributed by atoms with Gasteiger partial charge in [-0.1, -0.05) is 13.0 Å². The molecular weight excluding hydrogens is 497 g/mol. The molecule has 1 aliphatic rings. The smallest absolute Gasteiger partial charge is 0.435 e. The van der Waals surface area contributed by atoms with Crippen molar-refractivity contribution in [3.05, 3.63) is 64.6 Å². The maximum Gasteiger partial charge on any atom is 0.435 e. The van der Waals surface area contributed by atoms with E-state index in [-0.39, 0.29) is 21.7 Å². The van der Waals surface area contributed by atoms with Crippen LogP contribution in [-0.2, 0) is 21.4 Å². The lowest BCUT2D eigenvalue weighted by Crippen LogP contribution is -2.21. The maximum absolute atomic E-state index is 13.5. The average Bonchev–Trinajstić information content (AvgIpc) is 3.52. The number of pyridine rings is 1. The number of nitrogens with one attached hydrogen (secondary N) is 1. The van der Waals surface area contributed by atoms with Crippen LogP contribution in [0.5, 0.6) is 11.6 Å². The summed E-state index contributed by atoms with van der Waals surface area (Å²) in [5.74, 6) is -1.20. The molecule has 0 unspecified atom stereocenters. The van der Waals surface area contributed by atoms with Gasteiger partial charge in [0, 0.05) is 23.1 Å². The predicted molar refractivity (Wildman–Crippen MR) is 125 cm³/mol. The van der Waals surface area contributed by atoms with Gasteiger partial charge < -0.3 is 10.1 Å². The molecule has 4 rings (SSSR count). The van der Waals surface area contributed by atoms with E-state index in [1.807, 2.05) is 0 Å². The SMILES string of the molecule is Cc1nc(C2(C)CC2)ccc1Oc1nnc(C(F)(F)F)c(C)c1C(=O)Nc1cccc(S(C)(=O)=O)c1. The molecule has 0 saturated heterocycles. The molecule has 1 aliphatic carbocycles. The summed E-state index contributed by atoms with van der Waals surface area (Å²) in [5, 5.41) is 9.26. The van der Waals surface area contributed by atoms with Gasteiger partial charge in [-0.3, -0.25) is 9.78 Å². The monoisotopic (exact) mass is 520 g/mol. The Labute approximate surface area is 205 Å². The normalized spacial score (nSPS) is 14.9. The molecule has 0 atom stereocenters. The molecule has 36 heavy (non-hydrogen) atoms. The molecule has 8 nitrogen and oxygen atoms in total. The van der Waals surface area contributed by atoms with Gasteiger partial charge in [0.25, 0.3) is 11.8 Å². The standard InChI is InChI=1S/C24H23F3N4O4S/c1-13-19(21(32)29-15-6-5-7-16(12-15)36(4,33)34)22(31-30-20(13)24(25,26)27)35-17-8-9-18(28-14(17)2)23(3)10-11-23/h5-9,12H,10-11H2,1-4H3,(H,29,32). The zero-order chi connectivity index (χ0) is 26.5. The first-order valence-corrected chi connectivity index (χ1v) is 12.8. The van der Waals surface area contributed by atoms with Crippen molar-refractivity contribution in [3.8, 4) is 11.6 Å². The molecule has 1 N–H and O–H groups in total. The first kappa shape index (κ1) is 25.5. The van der Waals surface area contributed by atoms with Crippen LogP contribution in [0.3, 0.4) is 0 Å². The number of rotatable bonds is 6. The lowest BCUT2D eigenvalue weighted by atomic mass is 10.0. The molecular formula is C24H23F3N4O4S. The fourth-order valence-corrected chi connectivity index (χ4v) is 4.31. The largest absolute Gasteiger partial charge is 0.435 e. The molecule has 1 amide bonds. The number of aromatic nitrogens is 3. The van der Waals surface area contributed by atoms with Crippen LogP contribution in [0.2, 0.25) is 0 Å². The highest BCUT2D eigenvalue weighted by Gasteiger charge is 2.41. The Morgan fingerprint density at radius 1 is 1.11 bits per heavy atom. The van der Waals surface area contributed by atoms with Crippen molar-refractivity contribution >= 4 is 21.4 Å². The zero-order valence-electron chi connectivity index (χ0n) is 19.9. The van der Waals surface area contributed by atoms with E-state index in [2.05, 4.69) is 27.4 Å². The second-order valence-corrected chi connectivity index (χ2v) is 11.1. The molecule has 1 saturated carbocycles. The summed E-state index contributed by atoms with van der Waals surface area (Å²) in [6, 6.07) is 8.76. The summed E-state index contributed by atoms with van der Waals surface area (Å²) in [7, 11) is -3.58. The predicted octanol–water partition coefficient (Wildman–Crippen LogP) is 5.01. The molecule has 2 heterocycles. The fraction of sp³-hybridized carbons (Fsp3) is 0.333. The third kappa shape index (κ3) is 5.18. The van der Waals surface area contributed by atoms with E-state index in [1.165, 1.54) is 24.3 Å². The van der Waals surface area contributed by atoms with Gasteiger partial charge in [0.05, 0.1) is 10.6 Å². The number of benzene rings is 1. The Bertz CT molecular complexity index is 1470. The van der Waals surface area contributed by atoms with Crippen molar-refractivity contribution in [1.29, 1.82) is 0 Å². The van der Waals surface area contributed by atoms with Crippen molar-refractivity contribution < 1.29 is 31.1 Å². The molecule has 2 aromatic heterocycles. The van der Waals surface area contributed by atoms with Crippen LogP contribution >= 0.6 is 0 Å². The number of carbonyl (C=O) groups excluding carboxylic acids is 1. The van der Waals surface area contributed by atoms with Crippen LogP contribution in [0.4, 0.5) is 18.9 Å². The van der Waals surface area contributed by atoms with Crippen LogP contribution in [0, 0.1) is 13.8 Å². The van der Waals surface area contributed by atoms with E-state index in [9.17, 15) is 26.4 Å². The van der Waals surface area contributed by atoms with Crippen LogP contribution in [0.1, 0.15) is 52.8 Å². The number of nitrogens with zero attached hydrogens (tertiary/aromatic N) is 3. The number of sulfone groups is 1. The minimum absolute atomic E-state index is 0.000404. The molecule has 0 bridgehead atoms. The highest BCUT2D eigenvalue weighted by molar-refractivity contribution is 7.90. The second-order valence-electron chi connectivity index (χ2n) is 9.05. The minimum atomic E-state index is -4.86. The summed E-state index contributed by atoms with van der Waals surface area (Å²) >= 11 is 0. The Balaban J connectivity index is 1.73. The van der Waals surface area contributed by atoms with E-state index in [0.29, 0.717) is 5.69 Å². The maximum atomic E-state index is 13.5. The Kier molecular flexibility index (Phi) is 6.27. The number of anilines is 1. The summed E-state index contributed by atoms with van der Waals surface area (Å²) in [5.41, 5.74) is -0.885. The molecule has 190 valence electrons. The number of alkyl halides is 3. The molecule has 0 spiro atoms. The third-order valence-corrected chi connectivity index (χ3v) is 7.17. The summed E-state index contributed by atoms with van der Waals surface area (Å²) in [6.07, 6.45) is -1.85. The van der Waals surface area contributed by atoms with Crippen LogP contribution < -0.4 is 10.1 Å². The number of hydrogen-bond acceptors (Lipinski definition) is 7. The summed E-state index contributed by atoms with van der Waals surface area (Å²) < 4.78 is 70.1. The quantitative estimate of drug-likeness (QED) is 0.487. The van der Waals surface area contributed by atoms with Crippen molar-refractivity contribution in [2.45, 2.75) is 50.1 Å². The van der Waals surface area contributed by atoms with Gasteiger partial charge in [-0.05, 0) is 62.6 Å². The molecule has 0 radical (unpaired) electrons. The highest BCUT2D eigenvalue weighted by atomic mass is 32.2. The van der Waals surface area contributed by atoms with E-state index in [1.54, 1.807) is 19.1 Å². The topological polar surface area (TPSA) is 111 Å². The van der Waals surface area contributed by atoms with Crippen molar-refractivity contribution in [3.63, 3.8) is 0 Å². The van der Waals surface area contributed by atoms with Crippen LogP contribution in [-0.4, -0.2) is 35.8 Å². The lowest BCUT2D eigenvalue weighted by Gasteiger charge is -2.17. The van der Waals surface area contributed by atoms with E-state index in [0.717, 1.165) is 31.7 Å². The van der Waals surface area contributed by atoms with Gasteiger partial charge in [0.15, 0.2) is 21.3 Å². The number of hydrogen-bond donors (Lipinski definition) is 1. The summed E-state index contributed by atoms with van der Waals surface area (Å²) in [6.45, 7) is 4.86. The summed E-state index contributed by atoms with van der Waals surface area (Å²) in [4.78, 5) is 17.7. The van der Waals surface area contributed by atoms with Gasteiger partial charge in [-0.15, -0.1) is 10.2 Å². The van der Waals surface area contributed by atoms with Gasteiger partial charge in [0.2, 0.25) is 0 Å². The lowest BCUT2D eigenvalue weighted by molar-refractivity contribution is -0.142. The molecule has 1 aromatic carbocycles. The van der Waals surface area contributed by atoms with Crippen molar-refractivity contribution in [2.24, 2.45) is 0 Å². The number of ether oxygens (including phenoxy) is 1. The Morgan fingerprint density at radius 2 is 1.81 bits per heavy atom. The average molecular weight is 521 g/mol. The second kappa shape index (κ2) is 8.84. The van der Waals surface area contributed by atoms with E-state index < -0.39 is 44.6 Å². The highest BCUT2D eigenvalue weighted by Crippen LogP contribution is 2.47. The van der Waals surface area contributed by atoms with Gasteiger partial charge >= 0.3 is 6.18 Å².